The highest BCUT2D eigenvalue weighted by Crippen LogP contribution is 2.16. The molecule has 0 heterocycles. The molecule has 0 aliphatic carbocycles. The average Bonchev–Trinajstić information content (AvgIpc) is 3.35. The number of carbonyl (C=O) groups is 3. The van der Waals surface area contributed by atoms with Crippen molar-refractivity contribution in [3.05, 3.63) is 60.8 Å². The second-order valence-electron chi connectivity index (χ2n) is 19.9. The first-order valence-corrected chi connectivity index (χ1v) is 29.8. The summed E-state index contributed by atoms with van der Waals surface area (Å²) in [7, 11) is 0. The molecule has 0 bridgehead atoms. The molecule has 0 aliphatic heterocycles. The molecule has 0 N–H and O–H groups in total. The van der Waals surface area contributed by atoms with E-state index in [4.69, 9.17) is 14.2 Å². The Bertz CT molecular complexity index is 1250. The van der Waals surface area contributed by atoms with Crippen LogP contribution >= 0.6 is 0 Å². The molecular formula is C63H112O6. The zero-order valence-electron chi connectivity index (χ0n) is 45.8. The lowest BCUT2D eigenvalue weighted by atomic mass is 10.0. The number of esters is 3. The molecular weight excluding hydrogens is 853 g/mol. The monoisotopic (exact) mass is 965 g/mol. The van der Waals surface area contributed by atoms with Gasteiger partial charge in [0.05, 0.1) is 0 Å². The molecule has 0 aromatic heterocycles. The second-order valence-corrected chi connectivity index (χ2v) is 19.9. The lowest BCUT2D eigenvalue weighted by Crippen LogP contribution is -2.30. The van der Waals surface area contributed by atoms with Crippen LogP contribution in [0, 0.1) is 0 Å². The van der Waals surface area contributed by atoms with Crippen LogP contribution in [0.15, 0.2) is 60.8 Å². The third-order valence-corrected chi connectivity index (χ3v) is 13.0. The van der Waals surface area contributed by atoms with E-state index in [-0.39, 0.29) is 31.1 Å². The van der Waals surface area contributed by atoms with Gasteiger partial charge < -0.3 is 14.2 Å². The zero-order chi connectivity index (χ0) is 50.0. The summed E-state index contributed by atoms with van der Waals surface area (Å²) in [4.78, 5) is 38.0. The molecule has 0 radical (unpaired) electrons. The highest BCUT2D eigenvalue weighted by Gasteiger charge is 2.19. The van der Waals surface area contributed by atoms with Crippen molar-refractivity contribution in [2.45, 2.75) is 309 Å². The van der Waals surface area contributed by atoms with Gasteiger partial charge in [-0.25, -0.2) is 0 Å². The third-order valence-electron chi connectivity index (χ3n) is 13.0. The Morgan fingerprint density at radius 2 is 0.565 bits per heavy atom. The standard InChI is InChI=1S/C63H112O6/c1-4-7-10-13-16-19-21-23-25-26-27-28-29-30-31-32-33-34-35-36-37-38-39-41-42-44-47-50-53-56-62(65)68-59-60(58-67-61(64)55-52-49-46-18-15-12-9-6-3)69-63(66)57-54-51-48-45-43-40-24-22-20-17-14-11-8-5-2/h7,10,16,19,22-25,27-28,60H,4-6,8-9,11-15,17-18,20-21,26,29-59H2,1-3H3/b10-7-,19-16-,24-22-,25-23-,28-27-. The fraction of sp³-hybridized carbons (Fsp3) is 0.794. The molecule has 0 saturated carbocycles. The summed E-state index contributed by atoms with van der Waals surface area (Å²) >= 11 is 0. The van der Waals surface area contributed by atoms with Gasteiger partial charge in [-0.1, -0.05) is 261 Å². The average molecular weight is 966 g/mol. The molecule has 69 heavy (non-hydrogen) atoms. The van der Waals surface area contributed by atoms with Gasteiger partial charge in [0.25, 0.3) is 0 Å². The third kappa shape index (κ3) is 55.9. The van der Waals surface area contributed by atoms with Crippen LogP contribution in [0.1, 0.15) is 303 Å². The van der Waals surface area contributed by atoms with Gasteiger partial charge in [0.1, 0.15) is 13.2 Å². The summed E-state index contributed by atoms with van der Waals surface area (Å²) < 4.78 is 16.8. The van der Waals surface area contributed by atoms with Gasteiger partial charge in [0.15, 0.2) is 6.10 Å². The van der Waals surface area contributed by atoms with Gasteiger partial charge in [-0.3, -0.25) is 14.4 Å². The molecule has 0 amide bonds. The number of hydrogen-bond donors (Lipinski definition) is 0. The fourth-order valence-corrected chi connectivity index (χ4v) is 8.55. The number of ether oxygens (including phenoxy) is 3. The Morgan fingerprint density at radius 1 is 0.304 bits per heavy atom. The van der Waals surface area contributed by atoms with Crippen LogP contribution in [0.25, 0.3) is 0 Å². The summed E-state index contributed by atoms with van der Waals surface area (Å²) in [6.07, 6.45) is 72.4. The molecule has 6 nitrogen and oxygen atoms in total. The number of unbranched alkanes of at least 4 members (excludes halogenated alkanes) is 33. The second kappa shape index (κ2) is 57.7. The highest BCUT2D eigenvalue weighted by atomic mass is 16.6. The molecule has 400 valence electrons. The molecule has 0 aromatic carbocycles. The summed E-state index contributed by atoms with van der Waals surface area (Å²) in [5.74, 6) is -0.875. The van der Waals surface area contributed by atoms with Crippen molar-refractivity contribution >= 4 is 17.9 Å². The Balaban J connectivity index is 4.08. The molecule has 0 rings (SSSR count). The largest absolute Gasteiger partial charge is 0.462 e. The van der Waals surface area contributed by atoms with Crippen molar-refractivity contribution in [3.63, 3.8) is 0 Å². The van der Waals surface area contributed by atoms with E-state index in [9.17, 15) is 14.4 Å². The van der Waals surface area contributed by atoms with Crippen LogP contribution in [-0.2, 0) is 28.6 Å². The van der Waals surface area contributed by atoms with Gasteiger partial charge in [0.2, 0.25) is 0 Å². The van der Waals surface area contributed by atoms with Gasteiger partial charge >= 0.3 is 17.9 Å². The number of hydrogen-bond acceptors (Lipinski definition) is 6. The molecule has 0 saturated heterocycles. The van der Waals surface area contributed by atoms with Gasteiger partial charge in [0, 0.05) is 19.3 Å². The Hall–Kier alpha value is -2.89. The fourth-order valence-electron chi connectivity index (χ4n) is 8.55. The maximum Gasteiger partial charge on any atom is 0.306 e. The Labute approximate surface area is 428 Å². The van der Waals surface area contributed by atoms with Crippen LogP contribution in [0.3, 0.4) is 0 Å². The molecule has 0 spiro atoms. The van der Waals surface area contributed by atoms with E-state index in [1.807, 2.05) is 0 Å². The highest BCUT2D eigenvalue weighted by molar-refractivity contribution is 5.71. The maximum absolute atomic E-state index is 12.8. The van der Waals surface area contributed by atoms with Crippen molar-refractivity contribution in [2.75, 3.05) is 13.2 Å². The Kier molecular flexibility index (Phi) is 55.3. The van der Waals surface area contributed by atoms with E-state index in [0.29, 0.717) is 19.3 Å². The summed E-state index contributed by atoms with van der Waals surface area (Å²) in [6, 6.07) is 0. The predicted molar refractivity (Wildman–Crippen MR) is 298 cm³/mol. The lowest BCUT2D eigenvalue weighted by molar-refractivity contribution is -0.167. The predicted octanol–water partition coefficient (Wildman–Crippen LogP) is 20.0. The normalized spacial score (nSPS) is 12.4. The van der Waals surface area contributed by atoms with Gasteiger partial charge in [-0.05, 0) is 83.5 Å². The molecule has 1 atom stereocenters. The van der Waals surface area contributed by atoms with E-state index in [1.54, 1.807) is 0 Å². The smallest absolute Gasteiger partial charge is 0.306 e. The summed E-state index contributed by atoms with van der Waals surface area (Å²) in [5, 5.41) is 0. The van der Waals surface area contributed by atoms with Gasteiger partial charge in [-0.2, -0.15) is 0 Å². The van der Waals surface area contributed by atoms with E-state index in [0.717, 1.165) is 89.9 Å². The summed E-state index contributed by atoms with van der Waals surface area (Å²) in [5.41, 5.74) is 0. The SMILES string of the molecule is CC/C=C\C/C=C\C/C=C\C/C=C\CCCCCCCCCCCCCCCCCCC(=O)OCC(COC(=O)CCCCCCCCCC)OC(=O)CCCCCCC/C=C\CCCCCCC. The molecule has 6 heteroatoms. The van der Waals surface area contributed by atoms with Crippen LogP contribution in [0.4, 0.5) is 0 Å². The van der Waals surface area contributed by atoms with Crippen molar-refractivity contribution in [1.29, 1.82) is 0 Å². The van der Waals surface area contributed by atoms with Crippen molar-refractivity contribution in [3.8, 4) is 0 Å². The van der Waals surface area contributed by atoms with E-state index in [1.165, 1.54) is 173 Å². The first-order chi connectivity index (χ1) is 34.0. The van der Waals surface area contributed by atoms with Crippen LogP contribution in [0.2, 0.25) is 0 Å². The zero-order valence-corrected chi connectivity index (χ0v) is 45.8. The van der Waals surface area contributed by atoms with Crippen LogP contribution < -0.4 is 0 Å². The van der Waals surface area contributed by atoms with E-state index < -0.39 is 6.10 Å². The minimum Gasteiger partial charge on any atom is -0.462 e. The van der Waals surface area contributed by atoms with Crippen molar-refractivity contribution in [1.82, 2.24) is 0 Å². The van der Waals surface area contributed by atoms with Crippen LogP contribution in [-0.4, -0.2) is 37.2 Å². The number of rotatable bonds is 54. The maximum atomic E-state index is 12.8. The quantitative estimate of drug-likeness (QED) is 0.0262. The minimum atomic E-state index is -0.773. The van der Waals surface area contributed by atoms with Crippen LogP contribution in [0.5, 0.6) is 0 Å². The number of carbonyl (C=O) groups excluding carboxylic acids is 3. The first kappa shape index (κ1) is 66.1. The molecule has 0 aliphatic rings. The lowest BCUT2D eigenvalue weighted by Gasteiger charge is -2.18. The molecule has 0 fully saturated rings. The number of allylic oxidation sites excluding steroid dienone is 10. The Morgan fingerprint density at radius 3 is 0.899 bits per heavy atom. The van der Waals surface area contributed by atoms with Gasteiger partial charge in [-0.15, -0.1) is 0 Å². The molecule has 1 unspecified atom stereocenters. The van der Waals surface area contributed by atoms with Crippen molar-refractivity contribution in [2.24, 2.45) is 0 Å². The van der Waals surface area contributed by atoms with E-state index >= 15 is 0 Å². The van der Waals surface area contributed by atoms with Crippen molar-refractivity contribution < 1.29 is 28.6 Å². The first-order valence-electron chi connectivity index (χ1n) is 29.8. The molecule has 0 aromatic rings. The van der Waals surface area contributed by atoms with E-state index in [2.05, 4.69) is 81.5 Å². The minimum absolute atomic E-state index is 0.0737. The topological polar surface area (TPSA) is 78.9 Å². The summed E-state index contributed by atoms with van der Waals surface area (Å²) in [6.45, 7) is 6.51.